The Morgan fingerprint density at radius 2 is 0.716 bits per heavy atom. The highest BCUT2D eigenvalue weighted by atomic mass is 16.6. The van der Waals surface area contributed by atoms with Crippen molar-refractivity contribution in [3.63, 3.8) is 0 Å². The van der Waals surface area contributed by atoms with Crippen molar-refractivity contribution in [2.24, 2.45) is 4.99 Å². The van der Waals surface area contributed by atoms with Crippen LogP contribution in [0.2, 0.25) is 0 Å². The summed E-state index contributed by atoms with van der Waals surface area (Å²) < 4.78 is 0. The van der Waals surface area contributed by atoms with Crippen LogP contribution in [0, 0.1) is 10.1 Å². The van der Waals surface area contributed by atoms with Gasteiger partial charge in [-0.15, -0.1) is 0 Å². The lowest BCUT2D eigenvalue weighted by Gasteiger charge is -2.19. The number of aromatic nitrogens is 3. The summed E-state index contributed by atoms with van der Waals surface area (Å²) in [5.41, 5.74) is 16.7. The Kier molecular flexibility index (Phi) is 11.0. The second-order valence-electron chi connectivity index (χ2n) is 22.2. The van der Waals surface area contributed by atoms with E-state index in [0.29, 0.717) is 22.2 Å². The van der Waals surface area contributed by atoms with Gasteiger partial charge < -0.3 is 9.97 Å². The van der Waals surface area contributed by atoms with Crippen molar-refractivity contribution >= 4 is 51.8 Å². The fraction of sp³-hybridized carbons (Fsp3) is 0.267. The molecule has 0 saturated carbocycles. The maximum absolute atomic E-state index is 13.8. The number of nitrogens with one attached hydrogen (secondary N) is 2. The van der Waals surface area contributed by atoms with Gasteiger partial charge in [-0.05, 0) is 103 Å². The SMILES string of the molecule is CC(C)(C)c1ccc(-c2c3nc(c(-c4ccc(C(C)(C)C)cc4)c4ccc([nH]4)c(-c4ccc(C(C)(C)C)cc4)c4c([N+](=O)[O-])c(c(-c5ccc(C(C)(C)C)cc5)c5ccc2[nH]5)C=N4)C=C3)cc1. The molecule has 0 saturated heterocycles. The quantitative estimate of drug-likeness (QED) is 0.133. The molecule has 0 aliphatic carbocycles. The van der Waals surface area contributed by atoms with Gasteiger partial charge in [0.15, 0.2) is 5.69 Å². The molecule has 4 aromatic carbocycles. The van der Waals surface area contributed by atoms with E-state index in [1.165, 1.54) is 16.7 Å². The number of nitro groups is 1. The number of fused-ring (bicyclic) bond motifs is 8. The second kappa shape index (κ2) is 16.3. The lowest BCUT2D eigenvalue weighted by atomic mass is 9.86. The molecule has 7 aromatic rings. The smallest absolute Gasteiger partial charge is 0.304 e. The minimum Gasteiger partial charge on any atom is -0.354 e. The van der Waals surface area contributed by atoms with Gasteiger partial charge in [0.1, 0.15) is 0 Å². The molecule has 67 heavy (non-hydrogen) atoms. The first-order chi connectivity index (χ1) is 31.6. The number of H-pyrrole nitrogens is 2. The van der Waals surface area contributed by atoms with Crippen LogP contribution in [0.15, 0.2) is 126 Å². The highest BCUT2D eigenvalue weighted by Crippen LogP contribution is 2.47. The van der Waals surface area contributed by atoms with Crippen LogP contribution in [0.25, 0.3) is 78.7 Å². The molecule has 3 aromatic heterocycles. The first kappa shape index (κ1) is 45.1. The van der Waals surface area contributed by atoms with E-state index in [1.807, 2.05) is 12.1 Å². The van der Waals surface area contributed by atoms with Gasteiger partial charge in [0.05, 0.1) is 21.9 Å². The van der Waals surface area contributed by atoms with Crippen LogP contribution in [0.4, 0.5) is 11.4 Å². The molecule has 338 valence electrons. The number of aliphatic imine (C=N–C) groups is 1. The third-order valence-electron chi connectivity index (χ3n) is 13.3. The molecular weight excluding hydrogens is 823 g/mol. The Morgan fingerprint density at radius 1 is 0.418 bits per heavy atom. The molecule has 0 spiro atoms. The first-order valence-corrected chi connectivity index (χ1v) is 23.3. The van der Waals surface area contributed by atoms with E-state index in [-0.39, 0.29) is 38.0 Å². The van der Waals surface area contributed by atoms with Crippen molar-refractivity contribution in [2.75, 3.05) is 0 Å². The van der Waals surface area contributed by atoms with Crippen molar-refractivity contribution in [3.8, 4) is 44.5 Å². The van der Waals surface area contributed by atoms with Gasteiger partial charge in [0.2, 0.25) is 0 Å². The largest absolute Gasteiger partial charge is 0.354 e. The Bertz CT molecular complexity index is 3090. The predicted octanol–water partition coefficient (Wildman–Crippen LogP) is 16.6. The van der Waals surface area contributed by atoms with E-state index in [4.69, 9.17) is 9.98 Å². The molecule has 5 heterocycles. The normalized spacial score (nSPS) is 13.1. The van der Waals surface area contributed by atoms with Gasteiger partial charge in [0.25, 0.3) is 0 Å². The molecule has 0 radical (unpaired) electrons. The van der Waals surface area contributed by atoms with Gasteiger partial charge in [0, 0.05) is 50.5 Å². The molecule has 0 amide bonds. The average Bonchev–Trinajstić information content (AvgIpc) is 4.11. The van der Waals surface area contributed by atoms with Crippen molar-refractivity contribution < 1.29 is 4.92 Å². The molecule has 9 rings (SSSR count). The van der Waals surface area contributed by atoms with Crippen molar-refractivity contribution in [3.05, 3.63) is 171 Å². The summed E-state index contributed by atoms with van der Waals surface area (Å²) in [6.07, 6.45) is 5.89. The lowest BCUT2D eigenvalue weighted by Crippen LogP contribution is -2.10. The molecule has 0 atom stereocenters. The van der Waals surface area contributed by atoms with Crippen molar-refractivity contribution in [1.29, 1.82) is 0 Å². The van der Waals surface area contributed by atoms with E-state index < -0.39 is 0 Å². The molecular formula is C60H61N5O2. The highest BCUT2D eigenvalue weighted by Gasteiger charge is 2.30. The van der Waals surface area contributed by atoms with Crippen LogP contribution < -0.4 is 0 Å². The van der Waals surface area contributed by atoms with Crippen LogP contribution in [0.1, 0.15) is 122 Å². The Hall–Kier alpha value is -7.12. The zero-order chi connectivity index (χ0) is 47.8. The Balaban J connectivity index is 1.47. The number of rotatable bonds is 5. The fourth-order valence-electron chi connectivity index (χ4n) is 9.25. The third kappa shape index (κ3) is 8.59. The van der Waals surface area contributed by atoms with Gasteiger partial charge >= 0.3 is 5.69 Å². The van der Waals surface area contributed by atoms with Crippen molar-refractivity contribution in [2.45, 2.75) is 105 Å². The molecule has 7 heteroatoms. The third-order valence-corrected chi connectivity index (χ3v) is 13.3. The van der Waals surface area contributed by atoms with E-state index in [9.17, 15) is 10.1 Å². The summed E-state index contributed by atoms with van der Waals surface area (Å²) in [5, 5.41) is 13.8. The first-order valence-electron chi connectivity index (χ1n) is 23.3. The number of benzene rings is 4. The van der Waals surface area contributed by atoms with Gasteiger partial charge in [-0.3, -0.25) is 10.1 Å². The number of aromatic amines is 2. The van der Waals surface area contributed by atoms with Crippen molar-refractivity contribution in [1.82, 2.24) is 15.0 Å². The predicted molar refractivity (Wildman–Crippen MR) is 283 cm³/mol. The van der Waals surface area contributed by atoms with E-state index in [2.05, 4.69) is 214 Å². The maximum atomic E-state index is 13.8. The van der Waals surface area contributed by atoms with Crippen LogP contribution in [0.3, 0.4) is 0 Å². The van der Waals surface area contributed by atoms with Crippen LogP contribution >= 0.6 is 0 Å². The zero-order valence-corrected chi connectivity index (χ0v) is 40.9. The highest BCUT2D eigenvalue weighted by molar-refractivity contribution is 6.10. The summed E-state index contributed by atoms with van der Waals surface area (Å²) >= 11 is 0. The van der Waals surface area contributed by atoms with Crippen LogP contribution in [0.5, 0.6) is 0 Å². The molecule has 0 unspecified atom stereocenters. The van der Waals surface area contributed by atoms with Gasteiger partial charge in [-0.25, -0.2) is 9.98 Å². The molecule has 8 bridgehead atoms. The Labute approximate surface area is 395 Å². The maximum Gasteiger partial charge on any atom is 0.304 e. The van der Waals surface area contributed by atoms with Crippen LogP contribution in [-0.4, -0.2) is 26.1 Å². The van der Waals surface area contributed by atoms with E-state index in [0.717, 1.165) is 66.9 Å². The molecule has 2 aliphatic rings. The Morgan fingerprint density at radius 3 is 1.04 bits per heavy atom. The standard InChI is InChI=1S/C60H61N5O2/c1-57(2,3)40-21-13-36(14-22-40)51-44-35-61-55(56(44)65(66)67)54(39-19-27-43(28-20-39)60(10,11)12)50-34-33-49(64-50)53(38-17-25-42(26-18-38)59(7,8)9)48-32-31-47(63-48)52(46-30-29-45(51)62-46)37-15-23-41(24-16-37)58(4,5)6/h13-35,62,64H,1-12H3. The summed E-state index contributed by atoms with van der Waals surface area (Å²) in [4.78, 5) is 31.7. The number of hydrogen-bond donors (Lipinski definition) is 2. The van der Waals surface area contributed by atoms with Gasteiger partial charge in [-0.1, -0.05) is 180 Å². The fourth-order valence-corrected chi connectivity index (χ4v) is 9.25. The average molecular weight is 884 g/mol. The second-order valence-corrected chi connectivity index (χ2v) is 22.2. The number of hydrogen-bond acceptors (Lipinski definition) is 4. The monoisotopic (exact) mass is 883 g/mol. The summed E-state index contributed by atoms with van der Waals surface area (Å²) in [6, 6.07) is 42.4. The molecule has 2 aliphatic heterocycles. The van der Waals surface area contributed by atoms with Gasteiger partial charge in [-0.2, -0.15) is 0 Å². The lowest BCUT2D eigenvalue weighted by molar-refractivity contribution is -0.383. The molecule has 7 nitrogen and oxygen atoms in total. The van der Waals surface area contributed by atoms with Crippen LogP contribution in [-0.2, 0) is 21.7 Å². The zero-order valence-electron chi connectivity index (χ0n) is 40.9. The molecule has 0 fully saturated rings. The summed E-state index contributed by atoms with van der Waals surface area (Å²) in [5.74, 6) is 0. The number of nitrogens with zero attached hydrogens (tertiary/aromatic N) is 3. The van der Waals surface area contributed by atoms with E-state index in [1.54, 1.807) is 6.21 Å². The minimum absolute atomic E-state index is 0.0307. The van der Waals surface area contributed by atoms with E-state index >= 15 is 0 Å². The summed E-state index contributed by atoms with van der Waals surface area (Å²) in [7, 11) is 0. The minimum atomic E-state index is -0.265. The topological polar surface area (TPSA) is 100.0 Å². The molecule has 2 N–H and O–H groups in total. The summed E-state index contributed by atoms with van der Waals surface area (Å²) in [6.45, 7) is 26.4.